The van der Waals surface area contributed by atoms with Crippen LogP contribution in [0.1, 0.15) is 23.4 Å². The Bertz CT molecular complexity index is 579. The Balaban J connectivity index is 1.45. The molecule has 2 heterocycles. The molecule has 0 spiro atoms. The standard InChI is InChI=1S/C16H22N4O2/c1-13-17-16(22-18-13)12-20-9-7-19(8-10-20)11-15(21)14-5-3-2-4-6-14/h2-6,15,21H,7-12H2,1H3. The van der Waals surface area contributed by atoms with Gasteiger partial charge in [-0.1, -0.05) is 35.5 Å². The lowest BCUT2D eigenvalue weighted by atomic mass is 10.1. The Hall–Kier alpha value is -1.76. The van der Waals surface area contributed by atoms with Crippen molar-refractivity contribution in [3.8, 4) is 0 Å². The van der Waals surface area contributed by atoms with E-state index in [2.05, 4.69) is 19.9 Å². The summed E-state index contributed by atoms with van der Waals surface area (Å²) in [6.07, 6.45) is -0.425. The highest BCUT2D eigenvalue weighted by molar-refractivity contribution is 5.17. The van der Waals surface area contributed by atoms with Crippen LogP contribution in [0.15, 0.2) is 34.9 Å². The molecule has 1 N–H and O–H groups in total. The fraction of sp³-hybridized carbons (Fsp3) is 0.500. The first-order chi connectivity index (χ1) is 10.7. The average molecular weight is 302 g/mol. The second-order valence-electron chi connectivity index (χ2n) is 5.74. The average Bonchev–Trinajstić information content (AvgIpc) is 2.95. The van der Waals surface area contributed by atoms with Crippen LogP contribution in [0, 0.1) is 6.92 Å². The van der Waals surface area contributed by atoms with Gasteiger partial charge in [-0.15, -0.1) is 0 Å². The predicted molar refractivity (Wildman–Crippen MR) is 82.2 cm³/mol. The number of aliphatic hydroxyl groups is 1. The Morgan fingerprint density at radius 2 is 1.82 bits per heavy atom. The Labute approximate surface area is 130 Å². The maximum Gasteiger partial charge on any atom is 0.240 e. The van der Waals surface area contributed by atoms with Gasteiger partial charge in [0.15, 0.2) is 5.82 Å². The number of benzene rings is 1. The van der Waals surface area contributed by atoms with Gasteiger partial charge in [0, 0.05) is 32.7 Å². The van der Waals surface area contributed by atoms with E-state index < -0.39 is 6.10 Å². The van der Waals surface area contributed by atoms with E-state index in [4.69, 9.17) is 4.52 Å². The molecule has 6 nitrogen and oxygen atoms in total. The van der Waals surface area contributed by atoms with Crippen molar-refractivity contribution >= 4 is 0 Å². The molecule has 6 heteroatoms. The SMILES string of the molecule is Cc1noc(CN2CCN(CC(O)c3ccccc3)CC2)n1. The van der Waals surface area contributed by atoms with Crippen LogP contribution in [0.25, 0.3) is 0 Å². The third kappa shape index (κ3) is 3.91. The predicted octanol–water partition coefficient (Wildman–Crippen LogP) is 1.23. The van der Waals surface area contributed by atoms with Crippen molar-refractivity contribution in [3.63, 3.8) is 0 Å². The van der Waals surface area contributed by atoms with Crippen LogP contribution < -0.4 is 0 Å². The first kappa shape index (κ1) is 15.1. The largest absolute Gasteiger partial charge is 0.387 e. The molecular formula is C16H22N4O2. The molecule has 1 atom stereocenters. The minimum absolute atomic E-state index is 0.425. The third-order valence-corrected chi connectivity index (χ3v) is 4.01. The van der Waals surface area contributed by atoms with Crippen molar-refractivity contribution in [2.75, 3.05) is 32.7 Å². The van der Waals surface area contributed by atoms with E-state index in [1.807, 2.05) is 37.3 Å². The van der Waals surface area contributed by atoms with Gasteiger partial charge >= 0.3 is 0 Å². The summed E-state index contributed by atoms with van der Waals surface area (Å²) in [6, 6.07) is 9.83. The summed E-state index contributed by atoms with van der Waals surface area (Å²) in [5.41, 5.74) is 0.978. The van der Waals surface area contributed by atoms with Crippen molar-refractivity contribution in [2.45, 2.75) is 19.6 Å². The van der Waals surface area contributed by atoms with Gasteiger partial charge in [0.1, 0.15) is 0 Å². The van der Waals surface area contributed by atoms with Gasteiger partial charge in [0.2, 0.25) is 5.89 Å². The molecule has 0 bridgehead atoms. The van der Waals surface area contributed by atoms with Crippen molar-refractivity contribution in [1.29, 1.82) is 0 Å². The molecule has 1 aliphatic rings. The Kier molecular flexibility index (Phi) is 4.82. The van der Waals surface area contributed by atoms with Gasteiger partial charge in [0.05, 0.1) is 12.6 Å². The van der Waals surface area contributed by atoms with E-state index in [0.29, 0.717) is 24.8 Å². The summed E-state index contributed by atoms with van der Waals surface area (Å²) in [4.78, 5) is 8.84. The van der Waals surface area contributed by atoms with E-state index >= 15 is 0 Å². The van der Waals surface area contributed by atoms with Crippen LogP contribution in [0.5, 0.6) is 0 Å². The first-order valence-corrected chi connectivity index (χ1v) is 7.67. The number of β-amino-alcohol motifs (C(OH)–C–C–N with tert-alkyl or cyclic N) is 1. The van der Waals surface area contributed by atoms with Gasteiger partial charge in [-0.05, 0) is 12.5 Å². The summed E-state index contributed by atoms with van der Waals surface area (Å²) >= 11 is 0. The lowest BCUT2D eigenvalue weighted by molar-refractivity contribution is 0.0663. The summed E-state index contributed by atoms with van der Waals surface area (Å²) < 4.78 is 5.16. The smallest absolute Gasteiger partial charge is 0.240 e. The van der Waals surface area contributed by atoms with Gasteiger partial charge in [0.25, 0.3) is 0 Å². The van der Waals surface area contributed by atoms with E-state index in [0.717, 1.165) is 31.7 Å². The van der Waals surface area contributed by atoms with Crippen molar-refractivity contribution in [1.82, 2.24) is 19.9 Å². The molecule has 1 aromatic heterocycles. The minimum atomic E-state index is -0.425. The van der Waals surface area contributed by atoms with E-state index in [9.17, 15) is 5.11 Å². The van der Waals surface area contributed by atoms with Crippen LogP contribution in [0.4, 0.5) is 0 Å². The number of aliphatic hydroxyl groups excluding tert-OH is 1. The van der Waals surface area contributed by atoms with E-state index in [1.54, 1.807) is 0 Å². The van der Waals surface area contributed by atoms with Gasteiger partial charge in [-0.25, -0.2) is 0 Å². The first-order valence-electron chi connectivity index (χ1n) is 7.67. The summed E-state index contributed by atoms with van der Waals surface area (Å²) in [7, 11) is 0. The zero-order valence-electron chi connectivity index (χ0n) is 12.9. The fourth-order valence-corrected chi connectivity index (χ4v) is 2.75. The Morgan fingerprint density at radius 1 is 1.14 bits per heavy atom. The van der Waals surface area contributed by atoms with E-state index in [1.165, 1.54) is 0 Å². The molecule has 22 heavy (non-hydrogen) atoms. The maximum atomic E-state index is 10.3. The van der Waals surface area contributed by atoms with Gasteiger partial charge < -0.3 is 9.63 Å². The molecule has 1 aromatic carbocycles. The summed E-state index contributed by atoms with van der Waals surface area (Å²) in [5.74, 6) is 1.36. The molecule has 0 amide bonds. The van der Waals surface area contributed by atoms with Crippen molar-refractivity contribution in [2.24, 2.45) is 0 Å². The molecule has 1 unspecified atom stereocenters. The monoisotopic (exact) mass is 302 g/mol. The normalized spacial score (nSPS) is 18.5. The molecule has 0 radical (unpaired) electrons. The lowest BCUT2D eigenvalue weighted by Crippen LogP contribution is -2.47. The number of hydrogen-bond acceptors (Lipinski definition) is 6. The van der Waals surface area contributed by atoms with Crippen LogP contribution in [0.3, 0.4) is 0 Å². The molecule has 0 saturated carbocycles. The number of aryl methyl sites for hydroxylation is 1. The highest BCUT2D eigenvalue weighted by Gasteiger charge is 2.21. The quantitative estimate of drug-likeness (QED) is 0.896. The molecule has 0 aliphatic carbocycles. The van der Waals surface area contributed by atoms with Gasteiger partial charge in [-0.3, -0.25) is 9.80 Å². The third-order valence-electron chi connectivity index (χ3n) is 4.01. The molecule has 1 aliphatic heterocycles. The van der Waals surface area contributed by atoms with Gasteiger partial charge in [-0.2, -0.15) is 4.98 Å². The zero-order valence-corrected chi connectivity index (χ0v) is 12.9. The van der Waals surface area contributed by atoms with Crippen molar-refractivity contribution < 1.29 is 9.63 Å². The number of piperazine rings is 1. The summed E-state index contributed by atoms with van der Waals surface area (Å²) in [6.45, 7) is 6.99. The van der Waals surface area contributed by atoms with Crippen LogP contribution in [0.2, 0.25) is 0 Å². The Morgan fingerprint density at radius 3 is 2.45 bits per heavy atom. The molecular weight excluding hydrogens is 280 g/mol. The van der Waals surface area contributed by atoms with Crippen LogP contribution in [-0.2, 0) is 6.54 Å². The molecule has 3 rings (SSSR count). The second-order valence-corrected chi connectivity index (χ2v) is 5.74. The van der Waals surface area contributed by atoms with E-state index in [-0.39, 0.29) is 0 Å². The molecule has 1 saturated heterocycles. The van der Waals surface area contributed by atoms with Crippen LogP contribution in [-0.4, -0.2) is 57.8 Å². The van der Waals surface area contributed by atoms with Crippen LogP contribution >= 0.6 is 0 Å². The number of hydrogen-bond donors (Lipinski definition) is 1. The summed E-state index contributed by atoms with van der Waals surface area (Å²) in [5, 5.41) is 14.1. The molecule has 118 valence electrons. The van der Waals surface area contributed by atoms with Crippen molar-refractivity contribution in [3.05, 3.63) is 47.6 Å². The number of nitrogens with zero attached hydrogens (tertiary/aromatic N) is 4. The lowest BCUT2D eigenvalue weighted by Gasteiger charge is -2.34. The topological polar surface area (TPSA) is 65.6 Å². The zero-order chi connectivity index (χ0) is 15.4. The molecule has 1 fully saturated rings. The number of aromatic nitrogens is 2. The fourth-order valence-electron chi connectivity index (χ4n) is 2.75. The second kappa shape index (κ2) is 7.00. The maximum absolute atomic E-state index is 10.3. The highest BCUT2D eigenvalue weighted by atomic mass is 16.5. The molecule has 2 aromatic rings. The minimum Gasteiger partial charge on any atom is -0.387 e. The number of rotatable bonds is 5. The highest BCUT2D eigenvalue weighted by Crippen LogP contribution is 2.15.